The second kappa shape index (κ2) is 5.90. The van der Waals surface area contributed by atoms with Crippen molar-refractivity contribution in [1.82, 2.24) is 34.7 Å². The Bertz CT molecular complexity index is 696. The van der Waals surface area contributed by atoms with Crippen LogP contribution in [0.25, 0.3) is 5.95 Å². The van der Waals surface area contributed by atoms with E-state index in [2.05, 4.69) is 40.7 Å². The Morgan fingerprint density at radius 1 is 1.14 bits per heavy atom. The van der Waals surface area contributed by atoms with Crippen molar-refractivity contribution in [2.45, 2.75) is 6.54 Å². The zero-order valence-corrected chi connectivity index (χ0v) is 11.3. The van der Waals surface area contributed by atoms with Crippen LogP contribution in [-0.2, 0) is 6.54 Å². The maximum atomic E-state index is 4.30. The number of aromatic nitrogens is 7. The van der Waals surface area contributed by atoms with Crippen LogP contribution >= 0.6 is 0 Å². The summed E-state index contributed by atoms with van der Waals surface area (Å²) < 4.78 is 1.47. The normalized spacial score (nSPS) is 10.3. The average molecular weight is 283 g/mol. The molecule has 0 unspecified atom stereocenters. The van der Waals surface area contributed by atoms with Gasteiger partial charge in [0.15, 0.2) is 0 Å². The molecule has 0 saturated carbocycles. The zero-order chi connectivity index (χ0) is 14.5. The summed E-state index contributed by atoms with van der Waals surface area (Å²) in [4.78, 5) is 20.9. The van der Waals surface area contributed by atoms with Crippen LogP contribution < -0.4 is 10.6 Å². The van der Waals surface area contributed by atoms with Crippen molar-refractivity contribution in [3.63, 3.8) is 0 Å². The van der Waals surface area contributed by atoms with Gasteiger partial charge in [-0.05, 0) is 12.1 Å². The van der Waals surface area contributed by atoms with Crippen molar-refractivity contribution in [3.8, 4) is 5.95 Å². The van der Waals surface area contributed by atoms with Gasteiger partial charge in [0.2, 0.25) is 11.9 Å². The number of nitrogens with one attached hydrogen (secondary N) is 2. The molecule has 3 rings (SSSR count). The minimum atomic E-state index is 0.385. The van der Waals surface area contributed by atoms with Crippen LogP contribution in [-0.4, -0.2) is 41.7 Å². The fraction of sp³-hybridized carbons (Fsp3) is 0.167. The number of nitrogens with zero attached hydrogens (tertiary/aromatic N) is 7. The van der Waals surface area contributed by atoms with Gasteiger partial charge in [0.25, 0.3) is 5.95 Å². The summed E-state index contributed by atoms with van der Waals surface area (Å²) in [6.07, 6.45) is 4.69. The molecule has 0 bridgehead atoms. The third-order valence-electron chi connectivity index (χ3n) is 2.62. The Balaban J connectivity index is 1.83. The molecular weight excluding hydrogens is 270 g/mol. The monoisotopic (exact) mass is 283 g/mol. The van der Waals surface area contributed by atoms with Crippen molar-refractivity contribution in [2.24, 2.45) is 0 Å². The lowest BCUT2D eigenvalue weighted by atomic mass is 10.3. The highest BCUT2D eigenvalue weighted by Gasteiger charge is 2.08. The fourth-order valence-electron chi connectivity index (χ4n) is 1.64. The summed E-state index contributed by atoms with van der Waals surface area (Å²) in [6, 6.07) is 5.72. The summed E-state index contributed by atoms with van der Waals surface area (Å²) in [5.41, 5.74) is 0.895. The molecule has 0 aliphatic heterocycles. The third kappa shape index (κ3) is 3.08. The number of hydrogen-bond acceptors (Lipinski definition) is 8. The standard InChI is InChI=1S/C12H13N9/c1-13-10-18-11(16-6-9-4-2-3-5-15-9)20-12(19-10)21-8-14-7-17-21/h2-5,7-8H,6H2,1H3,(H2,13,16,18,19,20). The molecule has 3 aromatic rings. The molecule has 2 N–H and O–H groups in total. The first-order valence-electron chi connectivity index (χ1n) is 6.28. The highest BCUT2D eigenvalue weighted by Crippen LogP contribution is 2.08. The van der Waals surface area contributed by atoms with Gasteiger partial charge in [-0.3, -0.25) is 4.98 Å². The molecular formula is C12H13N9. The topological polar surface area (TPSA) is 106 Å². The Hall–Kier alpha value is -3.10. The molecule has 0 fully saturated rings. The van der Waals surface area contributed by atoms with Crippen LogP contribution in [0.15, 0.2) is 37.1 Å². The molecule has 3 aromatic heterocycles. The molecule has 21 heavy (non-hydrogen) atoms. The Kier molecular flexibility index (Phi) is 3.63. The van der Waals surface area contributed by atoms with E-state index in [0.717, 1.165) is 5.69 Å². The average Bonchev–Trinajstić information content (AvgIpc) is 3.08. The molecule has 0 radical (unpaired) electrons. The van der Waals surface area contributed by atoms with E-state index in [1.807, 2.05) is 18.2 Å². The summed E-state index contributed by atoms with van der Waals surface area (Å²) in [5.74, 6) is 1.26. The largest absolute Gasteiger partial charge is 0.357 e. The van der Waals surface area contributed by atoms with E-state index >= 15 is 0 Å². The van der Waals surface area contributed by atoms with Gasteiger partial charge >= 0.3 is 0 Å². The predicted octanol–water partition coefficient (Wildman–Crippen LogP) is 0.501. The van der Waals surface area contributed by atoms with Gasteiger partial charge in [0.1, 0.15) is 12.7 Å². The Morgan fingerprint density at radius 2 is 2.05 bits per heavy atom. The van der Waals surface area contributed by atoms with Crippen LogP contribution in [0.2, 0.25) is 0 Å². The lowest BCUT2D eigenvalue weighted by molar-refractivity contribution is 0.794. The molecule has 106 valence electrons. The summed E-state index contributed by atoms with van der Waals surface area (Å²) in [5, 5.41) is 10.0. The highest BCUT2D eigenvalue weighted by molar-refractivity contribution is 5.37. The van der Waals surface area contributed by atoms with Gasteiger partial charge < -0.3 is 10.6 Å². The molecule has 0 saturated heterocycles. The highest BCUT2D eigenvalue weighted by atomic mass is 15.4. The molecule has 0 aliphatic carbocycles. The minimum absolute atomic E-state index is 0.385. The van der Waals surface area contributed by atoms with Gasteiger partial charge in [-0.1, -0.05) is 6.07 Å². The number of hydrogen-bond donors (Lipinski definition) is 2. The second-order valence-corrected chi connectivity index (χ2v) is 4.05. The summed E-state index contributed by atoms with van der Waals surface area (Å²) >= 11 is 0. The summed E-state index contributed by atoms with van der Waals surface area (Å²) in [6.45, 7) is 0.519. The number of rotatable bonds is 5. The Morgan fingerprint density at radius 3 is 2.76 bits per heavy atom. The van der Waals surface area contributed by atoms with E-state index in [4.69, 9.17) is 0 Å². The fourth-order valence-corrected chi connectivity index (χ4v) is 1.64. The van der Waals surface area contributed by atoms with Gasteiger partial charge in [0, 0.05) is 13.2 Å². The molecule has 0 aromatic carbocycles. The SMILES string of the molecule is CNc1nc(NCc2ccccn2)nc(-n2cncn2)n1. The molecule has 0 amide bonds. The van der Waals surface area contributed by atoms with E-state index in [0.29, 0.717) is 24.4 Å². The van der Waals surface area contributed by atoms with Crippen molar-refractivity contribution in [1.29, 1.82) is 0 Å². The quantitative estimate of drug-likeness (QED) is 0.697. The van der Waals surface area contributed by atoms with Crippen LogP contribution in [0, 0.1) is 0 Å². The van der Waals surface area contributed by atoms with Crippen molar-refractivity contribution < 1.29 is 0 Å². The number of anilines is 2. The maximum Gasteiger partial charge on any atom is 0.258 e. The first-order chi connectivity index (χ1) is 10.3. The van der Waals surface area contributed by atoms with Gasteiger partial charge in [-0.15, -0.1) is 0 Å². The van der Waals surface area contributed by atoms with Crippen LogP contribution in [0.1, 0.15) is 5.69 Å². The lowest BCUT2D eigenvalue weighted by Gasteiger charge is -2.08. The molecule has 3 heterocycles. The first-order valence-corrected chi connectivity index (χ1v) is 6.28. The lowest BCUT2D eigenvalue weighted by Crippen LogP contribution is -2.11. The third-order valence-corrected chi connectivity index (χ3v) is 2.62. The summed E-state index contributed by atoms with van der Waals surface area (Å²) in [7, 11) is 1.74. The molecule has 0 spiro atoms. The van der Waals surface area contributed by atoms with Gasteiger partial charge in [-0.2, -0.15) is 24.7 Å². The minimum Gasteiger partial charge on any atom is -0.357 e. The van der Waals surface area contributed by atoms with Crippen molar-refractivity contribution >= 4 is 11.9 Å². The maximum absolute atomic E-state index is 4.30. The van der Waals surface area contributed by atoms with Crippen LogP contribution in [0.4, 0.5) is 11.9 Å². The van der Waals surface area contributed by atoms with E-state index < -0.39 is 0 Å². The molecule has 0 aliphatic rings. The molecule has 0 atom stereocenters. The van der Waals surface area contributed by atoms with Gasteiger partial charge in [0.05, 0.1) is 12.2 Å². The zero-order valence-electron chi connectivity index (χ0n) is 11.3. The second-order valence-electron chi connectivity index (χ2n) is 4.05. The van der Waals surface area contributed by atoms with Crippen LogP contribution in [0.3, 0.4) is 0 Å². The van der Waals surface area contributed by atoms with E-state index in [9.17, 15) is 0 Å². The first kappa shape index (κ1) is 12.9. The van der Waals surface area contributed by atoms with Crippen molar-refractivity contribution in [2.75, 3.05) is 17.7 Å². The Labute approximate surface area is 120 Å². The molecule has 9 nitrogen and oxygen atoms in total. The van der Waals surface area contributed by atoms with Crippen molar-refractivity contribution in [3.05, 3.63) is 42.7 Å². The van der Waals surface area contributed by atoms with Crippen LogP contribution in [0.5, 0.6) is 0 Å². The van der Waals surface area contributed by atoms with E-state index in [-0.39, 0.29) is 0 Å². The number of pyridine rings is 1. The van der Waals surface area contributed by atoms with E-state index in [1.165, 1.54) is 17.3 Å². The predicted molar refractivity (Wildman–Crippen MR) is 75.9 cm³/mol. The van der Waals surface area contributed by atoms with E-state index in [1.54, 1.807) is 13.2 Å². The van der Waals surface area contributed by atoms with Gasteiger partial charge in [-0.25, -0.2) is 4.98 Å². The molecule has 9 heteroatoms. The smallest absolute Gasteiger partial charge is 0.258 e.